The van der Waals surface area contributed by atoms with Gasteiger partial charge < -0.3 is 15.4 Å². The minimum absolute atomic E-state index is 0.134. The van der Waals surface area contributed by atoms with E-state index in [2.05, 4.69) is 20.6 Å². The van der Waals surface area contributed by atoms with Crippen molar-refractivity contribution in [1.29, 1.82) is 0 Å². The lowest BCUT2D eigenvalue weighted by molar-refractivity contribution is 0.288. The first kappa shape index (κ1) is 18.1. The number of benzene rings is 1. The third-order valence-corrected chi connectivity index (χ3v) is 4.10. The molecule has 1 heterocycles. The van der Waals surface area contributed by atoms with Crippen molar-refractivity contribution in [3.63, 3.8) is 0 Å². The minimum Gasteiger partial charge on any atom is -0.477 e. The van der Waals surface area contributed by atoms with Crippen molar-refractivity contribution in [2.75, 3.05) is 13.7 Å². The van der Waals surface area contributed by atoms with Crippen molar-refractivity contribution in [1.82, 2.24) is 15.6 Å². The lowest BCUT2D eigenvalue weighted by atomic mass is 10.2. The van der Waals surface area contributed by atoms with E-state index in [1.165, 1.54) is 18.9 Å². The highest BCUT2D eigenvalue weighted by atomic mass is 19.1. The summed E-state index contributed by atoms with van der Waals surface area (Å²) in [5.41, 5.74) is 1.23. The lowest BCUT2D eigenvalue weighted by Crippen LogP contribution is -2.36. The van der Waals surface area contributed by atoms with Gasteiger partial charge in [-0.3, -0.25) is 4.99 Å². The van der Waals surface area contributed by atoms with E-state index in [1.54, 1.807) is 13.2 Å². The highest BCUT2D eigenvalue weighted by molar-refractivity contribution is 5.79. The fourth-order valence-electron chi connectivity index (χ4n) is 2.39. The second-order valence-corrected chi connectivity index (χ2v) is 6.27. The van der Waals surface area contributed by atoms with Crippen LogP contribution in [0.3, 0.4) is 0 Å². The van der Waals surface area contributed by atoms with Crippen molar-refractivity contribution < 1.29 is 13.5 Å². The zero-order valence-corrected chi connectivity index (χ0v) is 14.6. The first-order chi connectivity index (χ1) is 12.6. The molecule has 7 heteroatoms. The molecule has 26 heavy (non-hydrogen) atoms. The number of nitrogens with zero attached hydrogens (tertiary/aromatic N) is 2. The summed E-state index contributed by atoms with van der Waals surface area (Å²) in [7, 11) is 1.62. The number of pyridine rings is 1. The molecular weight excluding hydrogens is 338 g/mol. The molecule has 0 atom stereocenters. The number of guanidine groups is 1. The zero-order valence-electron chi connectivity index (χ0n) is 14.6. The second-order valence-electron chi connectivity index (χ2n) is 6.27. The molecule has 138 valence electrons. The van der Waals surface area contributed by atoms with E-state index in [4.69, 9.17) is 4.74 Å². The van der Waals surface area contributed by atoms with Crippen LogP contribution in [0, 0.1) is 17.6 Å². The van der Waals surface area contributed by atoms with Crippen LogP contribution in [0.1, 0.15) is 24.0 Å². The first-order valence-corrected chi connectivity index (χ1v) is 8.60. The number of aromatic nitrogens is 1. The van der Waals surface area contributed by atoms with E-state index >= 15 is 0 Å². The van der Waals surface area contributed by atoms with Gasteiger partial charge in [-0.15, -0.1) is 0 Å². The Labute approximate surface area is 151 Å². The summed E-state index contributed by atoms with van der Waals surface area (Å²) < 4.78 is 32.6. The molecule has 3 rings (SSSR count). The summed E-state index contributed by atoms with van der Waals surface area (Å²) in [6.07, 6.45) is 4.17. The predicted octanol–water partition coefficient (Wildman–Crippen LogP) is 3.01. The number of ether oxygens (including phenoxy) is 1. The van der Waals surface area contributed by atoms with Gasteiger partial charge in [0.05, 0.1) is 6.61 Å². The SMILES string of the molecule is CN=C(NCc1ccnc(OCC2CC2)c1)NCc1cc(F)ccc1F. The molecule has 0 bridgehead atoms. The zero-order chi connectivity index (χ0) is 18.4. The number of rotatable bonds is 7. The van der Waals surface area contributed by atoms with Crippen LogP contribution in [0.25, 0.3) is 0 Å². The molecule has 0 amide bonds. The monoisotopic (exact) mass is 360 g/mol. The fraction of sp³-hybridized carbons (Fsp3) is 0.368. The number of hydrogen-bond acceptors (Lipinski definition) is 3. The maximum absolute atomic E-state index is 13.7. The van der Waals surface area contributed by atoms with E-state index in [-0.39, 0.29) is 12.1 Å². The highest BCUT2D eigenvalue weighted by Gasteiger charge is 2.22. The van der Waals surface area contributed by atoms with Crippen molar-refractivity contribution in [2.45, 2.75) is 25.9 Å². The summed E-state index contributed by atoms with van der Waals surface area (Å²) in [5.74, 6) is 0.847. The molecule has 1 aliphatic carbocycles. The Bertz CT molecular complexity index is 778. The smallest absolute Gasteiger partial charge is 0.213 e. The van der Waals surface area contributed by atoms with Gasteiger partial charge in [0, 0.05) is 38.0 Å². The van der Waals surface area contributed by atoms with E-state index in [1.807, 2.05) is 12.1 Å². The molecule has 0 spiro atoms. The van der Waals surface area contributed by atoms with Crippen LogP contribution in [0.5, 0.6) is 5.88 Å². The van der Waals surface area contributed by atoms with Crippen LogP contribution in [0.4, 0.5) is 8.78 Å². The Balaban J connectivity index is 1.50. The van der Waals surface area contributed by atoms with Gasteiger partial charge in [0.1, 0.15) is 11.6 Å². The van der Waals surface area contributed by atoms with E-state index in [0.29, 0.717) is 30.9 Å². The van der Waals surface area contributed by atoms with Crippen LogP contribution in [-0.2, 0) is 13.1 Å². The molecule has 5 nitrogen and oxygen atoms in total. The molecule has 1 aromatic heterocycles. The average molecular weight is 360 g/mol. The van der Waals surface area contributed by atoms with Gasteiger partial charge in [-0.2, -0.15) is 0 Å². The first-order valence-electron chi connectivity index (χ1n) is 8.60. The van der Waals surface area contributed by atoms with Gasteiger partial charge in [0.2, 0.25) is 5.88 Å². The molecule has 0 saturated heterocycles. The Morgan fingerprint density at radius 3 is 2.77 bits per heavy atom. The van der Waals surface area contributed by atoms with Gasteiger partial charge >= 0.3 is 0 Å². The van der Waals surface area contributed by atoms with Crippen LogP contribution in [0.2, 0.25) is 0 Å². The topological polar surface area (TPSA) is 58.5 Å². The van der Waals surface area contributed by atoms with Gasteiger partial charge in [-0.1, -0.05) is 0 Å². The molecule has 1 aliphatic rings. The van der Waals surface area contributed by atoms with Crippen LogP contribution in [-0.4, -0.2) is 24.6 Å². The maximum atomic E-state index is 13.7. The molecule has 2 aromatic rings. The summed E-state index contributed by atoms with van der Waals surface area (Å²) >= 11 is 0. The van der Waals surface area contributed by atoms with Crippen molar-refractivity contribution >= 4 is 5.96 Å². The fourth-order valence-corrected chi connectivity index (χ4v) is 2.39. The van der Waals surface area contributed by atoms with Crippen LogP contribution < -0.4 is 15.4 Å². The molecule has 0 aliphatic heterocycles. The lowest BCUT2D eigenvalue weighted by Gasteiger charge is -2.13. The number of aliphatic imine (C=N–C) groups is 1. The molecule has 1 aromatic carbocycles. The Morgan fingerprint density at radius 1 is 1.19 bits per heavy atom. The number of halogens is 2. The molecule has 2 N–H and O–H groups in total. The normalized spacial score (nSPS) is 14.2. The van der Waals surface area contributed by atoms with Crippen molar-refractivity contribution in [2.24, 2.45) is 10.9 Å². The van der Waals surface area contributed by atoms with Gasteiger partial charge in [-0.25, -0.2) is 13.8 Å². The summed E-state index contributed by atoms with van der Waals surface area (Å²) in [4.78, 5) is 8.30. The predicted molar refractivity (Wildman–Crippen MR) is 95.9 cm³/mol. The molecule has 0 unspecified atom stereocenters. The largest absolute Gasteiger partial charge is 0.477 e. The Morgan fingerprint density at radius 2 is 2.00 bits per heavy atom. The van der Waals surface area contributed by atoms with Gasteiger partial charge in [0.25, 0.3) is 0 Å². The standard InChI is InChI=1S/C19H22F2N4O/c1-22-19(25-11-15-9-16(20)4-5-17(15)21)24-10-14-6-7-23-18(8-14)26-12-13-2-3-13/h4-9,13H,2-3,10-12H2,1H3,(H2,22,24,25). The Hall–Kier alpha value is -2.70. The van der Waals surface area contributed by atoms with E-state index < -0.39 is 11.6 Å². The number of nitrogens with one attached hydrogen (secondary N) is 2. The third kappa shape index (κ3) is 5.40. The third-order valence-electron chi connectivity index (χ3n) is 4.10. The van der Waals surface area contributed by atoms with E-state index in [9.17, 15) is 8.78 Å². The van der Waals surface area contributed by atoms with Gasteiger partial charge in [0.15, 0.2) is 5.96 Å². The molecular formula is C19H22F2N4O. The van der Waals surface area contributed by atoms with E-state index in [0.717, 1.165) is 17.7 Å². The molecule has 0 radical (unpaired) electrons. The summed E-state index contributed by atoms with van der Waals surface area (Å²) in [6.45, 7) is 1.36. The number of hydrogen-bond donors (Lipinski definition) is 2. The molecule has 1 saturated carbocycles. The van der Waals surface area contributed by atoms with Crippen LogP contribution in [0.15, 0.2) is 41.5 Å². The summed E-state index contributed by atoms with van der Waals surface area (Å²) in [6, 6.07) is 7.15. The summed E-state index contributed by atoms with van der Waals surface area (Å²) in [5, 5.41) is 6.11. The quantitative estimate of drug-likeness (QED) is 0.589. The van der Waals surface area contributed by atoms with Gasteiger partial charge in [-0.05, 0) is 48.6 Å². The van der Waals surface area contributed by atoms with Crippen LogP contribution >= 0.6 is 0 Å². The minimum atomic E-state index is -0.471. The molecule has 1 fully saturated rings. The Kier molecular flexibility index (Phi) is 5.99. The maximum Gasteiger partial charge on any atom is 0.213 e. The average Bonchev–Trinajstić information content (AvgIpc) is 3.47. The highest BCUT2D eigenvalue weighted by Crippen LogP contribution is 2.29. The van der Waals surface area contributed by atoms with Crippen molar-refractivity contribution in [3.8, 4) is 5.88 Å². The second kappa shape index (κ2) is 8.60. The van der Waals surface area contributed by atoms with Crippen molar-refractivity contribution in [3.05, 3.63) is 59.3 Å².